The predicted octanol–water partition coefficient (Wildman–Crippen LogP) is 5.67. The molecule has 0 fully saturated rings. The predicted molar refractivity (Wildman–Crippen MR) is 130 cm³/mol. The monoisotopic (exact) mass is 764 g/mol. The standard InChI is InChI=1S/2C5H9F3O2.2C4H9FO3.2C2F4/c2*6-2-1-3-10-5(7,8)4-9;2*1-7-2-4(6)3-8-5;2*3-1(4)2(5)6/h2*9H,1-4H2;2*4,6H,2-3H2,1H3;;. The van der Waals surface area contributed by atoms with Crippen molar-refractivity contribution in [3.63, 3.8) is 0 Å². The summed E-state index contributed by atoms with van der Waals surface area (Å²) >= 11 is 0. The van der Waals surface area contributed by atoms with Gasteiger partial charge in [-0.25, -0.2) is 0 Å². The number of aliphatic hydroxyl groups is 4. The molecule has 2 unspecified atom stereocenters. The van der Waals surface area contributed by atoms with Crippen LogP contribution >= 0.6 is 0 Å². The van der Waals surface area contributed by atoms with Crippen LogP contribution in [-0.4, -0.2) is 125 Å². The minimum absolute atomic E-state index is 0.0738. The Morgan fingerprint density at radius 2 is 0.792 bits per heavy atom. The van der Waals surface area contributed by atoms with Gasteiger partial charge in [0.1, 0.15) is 38.6 Å². The van der Waals surface area contributed by atoms with E-state index in [4.69, 9.17) is 20.4 Å². The van der Waals surface area contributed by atoms with Crippen LogP contribution in [0, 0.1) is 0 Å². The van der Waals surface area contributed by atoms with E-state index in [1.54, 1.807) is 0 Å². The molecule has 0 radical (unpaired) electrons. The van der Waals surface area contributed by atoms with E-state index < -0.39 is 75.3 Å². The third-order valence-electron chi connectivity index (χ3n) is 3.07. The van der Waals surface area contributed by atoms with Crippen LogP contribution < -0.4 is 0 Å². The molecule has 0 aromatic carbocycles. The summed E-state index contributed by atoms with van der Waals surface area (Å²) < 4.78 is 191. The minimum atomic E-state index is -3.52. The molecule has 10 nitrogen and oxygen atoms in total. The Balaban J connectivity index is -0.000000111. The van der Waals surface area contributed by atoms with Crippen molar-refractivity contribution in [3.8, 4) is 0 Å². The summed E-state index contributed by atoms with van der Waals surface area (Å²) in [6.07, 6.45) is -20.5. The molecular weight excluding hydrogens is 728 g/mol. The number of rotatable bonds is 18. The molecule has 0 aliphatic carbocycles. The Bertz CT molecular complexity index is 622. The normalized spacial score (nSPS) is 11.6. The molecule has 26 heteroatoms. The van der Waals surface area contributed by atoms with Crippen LogP contribution in [-0.2, 0) is 28.8 Å². The zero-order chi connectivity index (χ0) is 39.2. The summed E-state index contributed by atoms with van der Waals surface area (Å²) in [6, 6.07) is 0. The molecule has 0 saturated heterocycles. The maximum atomic E-state index is 11.9. The fourth-order valence-electron chi connectivity index (χ4n) is 1.27. The summed E-state index contributed by atoms with van der Waals surface area (Å²) in [5.74, 6) is 0. The van der Waals surface area contributed by atoms with E-state index >= 15 is 0 Å². The lowest BCUT2D eigenvalue weighted by Crippen LogP contribution is -2.26. The largest absolute Gasteiger partial charge is 0.388 e. The van der Waals surface area contributed by atoms with Crippen molar-refractivity contribution >= 4 is 0 Å². The second-order valence-electron chi connectivity index (χ2n) is 7.18. The van der Waals surface area contributed by atoms with E-state index in [1.165, 1.54) is 14.2 Å². The van der Waals surface area contributed by atoms with Gasteiger partial charge in [0.15, 0.2) is 0 Å². The Hall–Kier alpha value is -2.04. The van der Waals surface area contributed by atoms with Crippen molar-refractivity contribution in [1.82, 2.24) is 0 Å². The second-order valence-corrected chi connectivity index (χ2v) is 7.18. The van der Waals surface area contributed by atoms with Crippen molar-refractivity contribution < 1.29 is 120 Å². The van der Waals surface area contributed by atoms with Gasteiger partial charge in [0, 0.05) is 14.2 Å². The maximum absolute atomic E-state index is 11.9. The van der Waals surface area contributed by atoms with Gasteiger partial charge in [-0.15, -0.1) is 0 Å². The second kappa shape index (κ2) is 41.1. The van der Waals surface area contributed by atoms with Crippen LogP contribution in [0.2, 0.25) is 0 Å². The van der Waals surface area contributed by atoms with Crippen LogP contribution in [0.4, 0.5) is 70.5 Å². The third kappa shape index (κ3) is 62.7. The van der Waals surface area contributed by atoms with Gasteiger partial charge in [0.05, 0.1) is 39.8 Å². The third-order valence-corrected chi connectivity index (χ3v) is 3.07. The smallest absolute Gasteiger partial charge is 0.378 e. The summed E-state index contributed by atoms with van der Waals surface area (Å²) in [5, 5.41) is 33.0. The number of hydrogen-bond acceptors (Lipinski definition) is 10. The first kappa shape index (κ1) is 58.2. The number of alkyl halides is 6. The molecule has 0 amide bonds. The zero-order valence-corrected chi connectivity index (χ0v) is 24.9. The first-order chi connectivity index (χ1) is 22.1. The molecule has 4 N–H and O–H groups in total. The Morgan fingerprint density at radius 1 is 0.542 bits per heavy atom. The number of ether oxygens (including phenoxy) is 4. The molecule has 0 aliphatic heterocycles. The van der Waals surface area contributed by atoms with Gasteiger partial charge in [-0.3, -0.25) is 8.78 Å². The van der Waals surface area contributed by atoms with Crippen LogP contribution in [0.15, 0.2) is 24.3 Å². The molecule has 0 bridgehead atoms. The molecule has 2 atom stereocenters. The van der Waals surface area contributed by atoms with Crippen LogP contribution in [0.1, 0.15) is 12.8 Å². The molecule has 0 spiro atoms. The summed E-state index contributed by atoms with van der Waals surface area (Å²) in [5.41, 5.74) is 0. The van der Waals surface area contributed by atoms with E-state index in [-0.39, 0.29) is 52.5 Å². The highest BCUT2D eigenvalue weighted by atomic mass is 19.3. The Kier molecular flexibility index (Phi) is 49.9. The molecule has 0 rings (SSSR count). The van der Waals surface area contributed by atoms with Crippen molar-refractivity contribution in [1.29, 1.82) is 0 Å². The maximum Gasteiger partial charge on any atom is 0.378 e. The molecule has 0 aliphatic rings. The Morgan fingerprint density at radius 3 is 0.938 bits per heavy atom. The summed E-state index contributed by atoms with van der Waals surface area (Å²) in [4.78, 5) is 6.25. The van der Waals surface area contributed by atoms with Gasteiger partial charge in [-0.1, -0.05) is 0 Å². The average Bonchev–Trinajstić information content (AvgIpc) is 2.99. The number of hydrogen-bond donors (Lipinski definition) is 4. The van der Waals surface area contributed by atoms with Gasteiger partial charge in [-0.2, -0.15) is 62.6 Å². The lowest BCUT2D eigenvalue weighted by molar-refractivity contribution is -0.257. The molecular formula is C22H36F16O10. The quantitative estimate of drug-likeness (QED) is 0.102. The molecule has 0 heterocycles. The number of halogens is 16. The van der Waals surface area contributed by atoms with Gasteiger partial charge < -0.3 is 39.4 Å². The lowest BCUT2D eigenvalue weighted by atomic mass is 10.4. The van der Waals surface area contributed by atoms with E-state index in [0.29, 0.717) is 0 Å². The van der Waals surface area contributed by atoms with E-state index in [1.807, 2.05) is 0 Å². The zero-order valence-electron chi connectivity index (χ0n) is 24.9. The summed E-state index contributed by atoms with van der Waals surface area (Å²) in [6.45, 7) is -5.30. The first-order valence-corrected chi connectivity index (χ1v) is 12.1. The molecule has 48 heavy (non-hydrogen) atoms. The van der Waals surface area contributed by atoms with Gasteiger partial charge in [0.2, 0.25) is 0 Å². The fourth-order valence-corrected chi connectivity index (χ4v) is 1.27. The van der Waals surface area contributed by atoms with E-state index in [0.717, 1.165) is 0 Å². The molecule has 0 aromatic heterocycles. The van der Waals surface area contributed by atoms with Gasteiger partial charge >= 0.3 is 36.5 Å². The number of methoxy groups -OCH3 is 2. The van der Waals surface area contributed by atoms with Crippen LogP contribution in [0.3, 0.4) is 0 Å². The lowest BCUT2D eigenvalue weighted by Gasteiger charge is -2.12. The molecule has 296 valence electrons. The Labute approximate surface area is 262 Å². The number of aliphatic hydroxyl groups excluding tert-OH is 4. The topological polar surface area (TPSA) is 136 Å². The molecule has 0 saturated carbocycles. The highest BCUT2D eigenvalue weighted by Crippen LogP contribution is 2.14. The average molecular weight is 764 g/mol. The van der Waals surface area contributed by atoms with Crippen molar-refractivity contribution in [2.75, 3.05) is 80.4 Å². The van der Waals surface area contributed by atoms with Gasteiger partial charge in [0.25, 0.3) is 0 Å². The minimum Gasteiger partial charge on any atom is -0.388 e. The highest BCUT2D eigenvalue weighted by Gasteiger charge is 2.28. The summed E-state index contributed by atoms with van der Waals surface area (Å²) in [7, 11) is 2.84. The van der Waals surface area contributed by atoms with E-state index in [9.17, 15) is 70.5 Å². The van der Waals surface area contributed by atoms with Gasteiger partial charge in [-0.05, 0) is 21.9 Å². The van der Waals surface area contributed by atoms with Crippen molar-refractivity contribution in [2.45, 2.75) is 37.3 Å². The molecule has 0 aromatic rings. The van der Waals surface area contributed by atoms with Crippen LogP contribution in [0.25, 0.3) is 0 Å². The first-order valence-electron chi connectivity index (χ1n) is 12.1. The highest BCUT2D eigenvalue weighted by molar-refractivity contribution is 4.77. The van der Waals surface area contributed by atoms with Crippen molar-refractivity contribution in [2.24, 2.45) is 0 Å². The fraction of sp³-hybridized carbons (Fsp3) is 0.818. The van der Waals surface area contributed by atoms with Crippen molar-refractivity contribution in [3.05, 3.63) is 24.3 Å². The SMILES string of the molecule is COCC(O)COF.COCC(O)COF.FC(F)=C(F)F.FC(F)=C(F)F.OCC(F)(F)OCCCF.OCC(F)(F)OCCCF. The van der Waals surface area contributed by atoms with E-state index in [2.05, 4.69) is 28.8 Å². The van der Waals surface area contributed by atoms with Crippen LogP contribution in [0.5, 0.6) is 0 Å².